The first-order valence-electron chi connectivity index (χ1n) is 8.83. The van der Waals surface area contributed by atoms with Crippen LogP contribution in [0.5, 0.6) is 5.75 Å². The summed E-state index contributed by atoms with van der Waals surface area (Å²) in [5.41, 5.74) is 1.05. The van der Waals surface area contributed by atoms with Gasteiger partial charge in [-0.15, -0.1) is 0 Å². The maximum Gasteiger partial charge on any atom is 0.244 e. The van der Waals surface area contributed by atoms with Gasteiger partial charge in [0, 0.05) is 18.2 Å². The highest BCUT2D eigenvalue weighted by Gasteiger charge is 2.33. The van der Waals surface area contributed by atoms with Crippen LogP contribution in [-0.2, 0) is 4.79 Å². The summed E-state index contributed by atoms with van der Waals surface area (Å²) in [6.45, 7) is 0.710. The molecular formula is C20H30N2O2. The first-order chi connectivity index (χ1) is 11.6. The van der Waals surface area contributed by atoms with Crippen molar-refractivity contribution >= 4 is 12.0 Å². The number of nitrogens with zero attached hydrogens (tertiary/aromatic N) is 1. The molecule has 0 atom stereocenters. The van der Waals surface area contributed by atoms with Gasteiger partial charge in [0.15, 0.2) is 0 Å². The number of carbonyl (C=O) groups excluding carboxylic acids is 1. The standard InChI is InChI=1S/C20H30N2O2/c1-22(2)20(13-6-4-5-7-14-20)16-21-19(23)12-11-17-9-8-10-18(15-17)24-3/h8-12,15H,4-7,13-14,16H2,1-3H3,(H,21,23)/b12-11+. The fourth-order valence-corrected chi connectivity index (χ4v) is 3.40. The molecule has 1 aromatic rings. The Morgan fingerprint density at radius 2 is 1.96 bits per heavy atom. The van der Waals surface area contributed by atoms with E-state index in [1.165, 1.54) is 25.7 Å². The van der Waals surface area contributed by atoms with Crippen LogP contribution in [-0.4, -0.2) is 44.1 Å². The van der Waals surface area contributed by atoms with Crippen molar-refractivity contribution in [1.29, 1.82) is 0 Å². The Labute approximate surface area is 145 Å². The molecule has 1 fully saturated rings. The number of rotatable bonds is 6. The zero-order valence-corrected chi connectivity index (χ0v) is 15.2. The normalized spacial score (nSPS) is 17.7. The first kappa shape index (κ1) is 18.5. The summed E-state index contributed by atoms with van der Waals surface area (Å²) in [5, 5.41) is 3.10. The summed E-state index contributed by atoms with van der Waals surface area (Å²) in [7, 11) is 5.90. The molecule has 0 bridgehead atoms. The molecule has 0 spiro atoms. The third-order valence-electron chi connectivity index (χ3n) is 5.10. The summed E-state index contributed by atoms with van der Waals surface area (Å²) in [5.74, 6) is 0.755. The minimum atomic E-state index is -0.0386. The Balaban J connectivity index is 1.94. The number of nitrogens with one attached hydrogen (secondary N) is 1. The first-order valence-corrected chi connectivity index (χ1v) is 8.83. The molecule has 0 unspecified atom stereocenters. The van der Waals surface area contributed by atoms with E-state index in [-0.39, 0.29) is 11.4 Å². The summed E-state index contributed by atoms with van der Waals surface area (Å²) in [6.07, 6.45) is 10.8. The van der Waals surface area contributed by atoms with Crippen LogP contribution in [0, 0.1) is 0 Å². The van der Waals surface area contributed by atoms with Gasteiger partial charge in [-0.2, -0.15) is 0 Å². The average Bonchev–Trinajstić information content (AvgIpc) is 2.85. The van der Waals surface area contributed by atoms with Gasteiger partial charge in [0.2, 0.25) is 5.91 Å². The van der Waals surface area contributed by atoms with Crippen molar-refractivity contribution in [3.63, 3.8) is 0 Å². The lowest BCUT2D eigenvalue weighted by atomic mass is 9.88. The van der Waals surface area contributed by atoms with Crippen molar-refractivity contribution in [2.24, 2.45) is 0 Å². The molecule has 1 N–H and O–H groups in total. The monoisotopic (exact) mass is 330 g/mol. The molecular weight excluding hydrogens is 300 g/mol. The SMILES string of the molecule is COc1cccc(/C=C/C(=O)NCC2(N(C)C)CCCCCC2)c1. The van der Waals surface area contributed by atoms with Crippen molar-refractivity contribution in [3.8, 4) is 5.75 Å². The van der Waals surface area contributed by atoms with E-state index in [2.05, 4.69) is 24.3 Å². The minimum Gasteiger partial charge on any atom is -0.497 e. The average molecular weight is 330 g/mol. The largest absolute Gasteiger partial charge is 0.497 e. The predicted octanol–water partition coefficient (Wildman–Crippen LogP) is 3.48. The van der Waals surface area contributed by atoms with Crippen LogP contribution in [0.4, 0.5) is 0 Å². The van der Waals surface area contributed by atoms with Gasteiger partial charge < -0.3 is 15.0 Å². The maximum absolute atomic E-state index is 12.2. The second kappa shape index (κ2) is 8.88. The van der Waals surface area contributed by atoms with Crippen LogP contribution in [0.1, 0.15) is 44.1 Å². The Kier molecular flexibility index (Phi) is 6.85. The van der Waals surface area contributed by atoms with E-state index < -0.39 is 0 Å². The van der Waals surface area contributed by atoms with Crippen molar-refractivity contribution in [1.82, 2.24) is 10.2 Å². The molecule has 0 aromatic heterocycles. The highest BCUT2D eigenvalue weighted by atomic mass is 16.5. The molecule has 1 aliphatic carbocycles. The summed E-state index contributed by atoms with van der Waals surface area (Å²) in [4.78, 5) is 14.5. The fourth-order valence-electron chi connectivity index (χ4n) is 3.40. The van der Waals surface area contributed by atoms with Crippen LogP contribution in [0.2, 0.25) is 0 Å². The number of hydrogen-bond donors (Lipinski definition) is 1. The van der Waals surface area contributed by atoms with Crippen LogP contribution >= 0.6 is 0 Å². The van der Waals surface area contributed by atoms with E-state index in [0.29, 0.717) is 6.54 Å². The van der Waals surface area contributed by atoms with Gasteiger partial charge in [-0.05, 0) is 50.7 Å². The second-order valence-corrected chi connectivity index (χ2v) is 6.86. The molecule has 0 aliphatic heterocycles. The van der Waals surface area contributed by atoms with E-state index in [1.54, 1.807) is 13.2 Å². The molecule has 132 valence electrons. The van der Waals surface area contributed by atoms with Crippen LogP contribution < -0.4 is 10.1 Å². The van der Waals surface area contributed by atoms with Gasteiger partial charge in [0.05, 0.1) is 7.11 Å². The number of hydrogen-bond acceptors (Lipinski definition) is 3. The zero-order valence-electron chi connectivity index (χ0n) is 15.2. The summed E-state index contributed by atoms with van der Waals surface area (Å²) in [6, 6.07) is 7.68. The lowest BCUT2D eigenvalue weighted by Gasteiger charge is -2.39. The van der Waals surface area contributed by atoms with Gasteiger partial charge in [-0.1, -0.05) is 37.8 Å². The lowest BCUT2D eigenvalue weighted by molar-refractivity contribution is -0.117. The topological polar surface area (TPSA) is 41.6 Å². The van der Waals surface area contributed by atoms with E-state index >= 15 is 0 Å². The smallest absolute Gasteiger partial charge is 0.244 e. The molecule has 1 saturated carbocycles. The van der Waals surface area contributed by atoms with E-state index in [4.69, 9.17) is 4.74 Å². The molecule has 0 heterocycles. The van der Waals surface area contributed by atoms with Crippen molar-refractivity contribution in [2.45, 2.75) is 44.1 Å². The highest BCUT2D eigenvalue weighted by Crippen LogP contribution is 2.30. The minimum absolute atomic E-state index is 0.0386. The van der Waals surface area contributed by atoms with Gasteiger partial charge in [-0.3, -0.25) is 4.79 Å². The Morgan fingerprint density at radius 1 is 1.25 bits per heavy atom. The maximum atomic E-state index is 12.2. The van der Waals surface area contributed by atoms with E-state index in [0.717, 1.165) is 24.2 Å². The van der Waals surface area contributed by atoms with Crippen LogP contribution in [0.3, 0.4) is 0 Å². The summed E-state index contributed by atoms with van der Waals surface area (Å²) >= 11 is 0. The Bertz CT molecular complexity index is 559. The van der Waals surface area contributed by atoms with Crippen LogP contribution in [0.15, 0.2) is 30.3 Å². The van der Waals surface area contributed by atoms with Crippen molar-refractivity contribution in [2.75, 3.05) is 27.7 Å². The Hall–Kier alpha value is -1.81. The van der Waals surface area contributed by atoms with Gasteiger partial charge >= 0.3 is 0 Å². The van der Waals surface area contributed by atoms with E-state index in [9.17, 15) is 4.79 Å². The third-order valence-corrected chi connectivity index (χ3v) is 5.10. The molecule has 1 amide bonds. The number of carbonyl (C=O) groups is 1. The third kappa shape index (κ3) is 5.10. The molecule has 1 aromatic carbocycles. The Morgan fingerprint density at radius 3 is 2.58 bits per heavy atom. The molecule has 4 nitrogen and oxygen atoms in total. The number of likely N-dealkylation sites (N-methyl/N-ethyl adjacent to an activating group) is 1. The quantitative estimate of drug-likeness (QED) is 0.641. The number of amides is 1. The molecule has 4 heteroatoms. The van der Waals surface area contributed by atoms with Gasteiger partial charge in [0.1, 0.15) is 5.75 Å². The summed E-state index contributed by atoms with van der Waals surface area (Å²) < 4.78 is 5.20. The highest BCUT2D eigenvalue weighted by molar-refractivity contribution is 5.91. The van der Waals surface area contributed by atoms with Gasteiger partial charge in [-0.25, -0.2) is 0 Å². The number of benzene rings is 1. The number of methoxy groups -OCH3 is 1. The molecule has 0 radical (unpaired) electrons. The predicted molar refractivity (Wildman–Crippen MR) is 99.2 cm³/mol. The zero-order chi connectivity index (χ0) is 17.4. The number of ether oxygens (including phenoxy) is 1. The lowest BCUT2D eigenvalue weighted by Crippen LogP contribution is -2.52. The van der Waals surface area contributed by atoms with Crippen molar-refractivity contribution in [3.05, 3.63) is 35.9 Å². The van der Waals surface area contributed by atoms with Crippen LogP contribution in [0.25, 0.3) is 6.08 Å². The molecule has 1 aliphatic rings. The van der Waals surface area contributed by atoms with Gasteiger partial charge in [0.25, 0.3) is 0 Å². The van der Waals surface area contributed by atoms with E-state index in [1.807, 2.05) is 30.3 Å². The molecule has 0 saturated heterocycles. The molecule has 24 heavy (non-hydrogen) atoms. The van der Waals surface area contributed by atoms with Crippen molar-refractivity contribution < 1.29 is 9.53 Å². The fraction of sp³-hybridized carbons (Fsp3) is 0.550. The second-order valence-electron chi connectivity index (χ2n) is 6.86. The molecule has 2 rings (SSSR count).